The molecule has 1 aromatic carbocycles. The van der Waals surface area contributed by atoms with E-state index in [1.54, 1.807) is 19.2 Å². The van der Waals surface area contributed by atoms with Crippen LogP contribution < -0.4 is 5.32 Å². The van der Waals surface area contributed by atoms with Gasteiger partial charge in [0, 0.05) is 6.04 Å². The normalized spacial score (nSPS) is 38.4. The van der Waals surface area contributed by atoms with Crippen LogP contribution >= 0.6 is 0 Å². The Morgan fingerprint density at radius 1 is 1.10 bits per heavy atom. The second kappa shape index (κ2) is 4.48. The van der Waals surface area contributed by atoms with Crippen molar-refractivity contribution in [2.45, 2.75) is 31.5 Å². The zero-order chi connectivity index (χ0) is 14.8. The number of benzene rings is 1. The Bertz CT molecular complexity index is 537. The van der Waals surface area contributed by atoms with Crippen LogP contribution in [0.25, 0.3) is 0 Å². The van der Waals surface area contributed by atoms with Gasteiger partial charge in [-0.2, -0.15) is 13.2 Å². The molecule has 0 radical (unpaired) electrons. The third-order valence-electron chi connectivity index (χ3n) is 6.09. The van der Waals surface area contributed by atoms with Gasteiger partial charge in [0.2, 0.25) is 0 Å². The summed E-state index contributed by atoms with van der Waals surface area (Å²) in [4.78, 5) is 0. The van der Waals surface area contributed by atoms with Gasteiger partial charge in [0.25, 0.3) is 0 Å². The molecule has 3 aliphatic carbocycles. The van der Waals surface area contributed by atoms with Crippen molar-refractivity contribution in [1.82, 2.24) is 5.32 Å². The van der Waals surface area contributed by atoms with Crippen molar-refractivity contribution in [3.05, 3.63) is 35.4 Å². The van der Waals surface area contributed by atoms with Gasteiger partial charge in [-0.1, -0.05) is 18.2 Å². The van der Waals surface area contributed by atoms with Crippen molar-refractivity contribution in [1.29, 1.82) is 0 Å². The fraction of sp³-hybridized carbons (Fsp3) is 0.647. The van der Waals surface area contributed by atoms with E-state index in [-0.39, 0.29) is 6.04 Å². The van der Waals surface area contributed by atoms with Crippen molar-refractivity contribution in [3.8, 4) is 0 Å². The van der Waals surface area contributed by atoms with Crippen molar-refractivity contribution in [2.24, 2.45) is 29.6 Å². The first-order valence-corrected chi connectivity index (χ1v) is 7.85. The second-order valence-corrected chi connectivity index (χ2v) is 6.92. The fourth-order valence-corrected chi connectivity index (χ4v) is 5.42. The molecule has 3 saturated carbocycles. The topological polar surface area (TPSA) is 12.0 Å². The Morgan fingerprint density at radius 3 is 2.29 bits per heavy atom. The number of hydrogen-bond acceptors (Lipinski definition) is 1. The lowest BCUT2D eigenvalue weighted by Crippen LogP contribution is -2.25. The maximum atomic E-state index is 13.3. The number of nitrogens with one attached hydrogen (secondary N) is 1. The van der Waals surface area contributed by atoms with Crippen LogP contribution in [-0.2, 0) is 6.18 Å². The molecule has 0 aromatic heterocycles. The molecule has 5 atom stereocenters. The zero-order valence-electron chi connectivity index (χ0n) is 12.0. The number of halogens is 3. The quantitative estimate of drug-likeness (QED) is 0.878. The van der Waals surface area contributed by atoms with Crippen LogP contribution in [-0.4, -0.2) is 7.05 Å². The van der Waals surface area contributed by atoms with Crippen LogP contribution in [0.2, 0.25) is 0 Å². The predicted molar refractivity (Wildman–Crippen MR) is 74.5 cm³/mol. The van der Waals surface area contributed by atoms with Crippen molar-refractivity contribution in [2.75, 3.05) is 7.05 Å². The van der Waals surface area contributed by atoms with Gasteiger partial charge in [-0.05, 0) is 67.5 Å². The molecular weight excluding hydrogens is 275 g/mol. The molecule has 0 amide bonds. The minimum absolute atomic E-state index is 0.152. The van der Waals surface area contributed by atoms with Gasteiger partial charge >= 0.3 is 6.18 Å². The molecule has 21 heavy (non-hydrogen) atoms. The van der Waals surface area contributed by atoms with Crippen molar-refractivity contribution in [3.63, 3.8) is 0 Å². The van der Waals surface area contributed by atoms with Gasteiger partial charge in [0.1, 0.15) is 0 Å². The summed E-state index contributed by atoms with van der Waals surface area (Å²) in [6, 6.07) is 5.92. The van der Waals surface area contributed by atoms with E-state index in [0.29, 0.717) is 23.3 Å². The number of alkyl halides is 3. The first-order chi connectivity index (χ1) is 10.0. The molecule has 3 aliphatic rings. The summed E-state index contributed by atoms with van der Waals surface area (Å²) in [6.45, 7) is 0. The third-order valence-corrected chi connectivity index (χ3v) is 6.09. The smallest absolute Gasteiger partial charge is 0.313 e. The van der Waals surface area contributed by atoms with E-state index < -0.39 is 11.7 Å². The lowest BCUT2D eigenvalue weighted by atomic mass is 9.90. The van der Waals surface area contributed by atoms with E-state index in [2.05, 4.69) is 5.32 Å². The Morgan fingerprint density at radius 2 is 1.71 bits per heavy atom. The molecular formula is C17H20F3N. The average molecular weight is 295 g/mol. The monoisotopic (exact) mass is 295 g/mol. The van der Waals surface area contributed by atoms with Gasteiger partial charge in [0.05, 0.1) is 5.56 Å². The molecule has 5 unspecified atom stereocenters. The van der Waals surface area contributed by atoms with Crippen LogP contribution in [0.1, 0.15) is 36.4 Å². The summed E-state index contributed by atoms with van der Waals surface area (Å²) in [5, 5.41) is 3.19. The molecule has 3 fully saturated rings. The van der Waals surface area contributed by atoms with Gasteiger partial charge in [-0.3, -0.25) is 0 Å². The van der Waals surface area contributed by atoms with Crippen LogP contribution in [0.4, 0.5) is 13.2 Å². The highest BCUT2D eigenvalue weighted by Crippen LogP contribution is 2.72. The van der Waals surface area contributed by atoms with Crippen LogP contribution in [0.3, 0.4) is 0 Å². The summed E-state index contributed by atoms with van der Waals surface area (Å²) >= 11 is 0. The Balaban J connectivity index is 1.66. The second-order valence-electron chi connectivity index (χ2n) is 6.92. The summed E-state index contributed by atoms with van der Waals surface area (Å²) in [5.41, 5.74) is -0.0343. The molecule has 0 heterocycles. The van der Waals surface area contributed by atoms with E-state index in [4.69, 9.17) is 0 Å². The predicted octanol–water partition coefficient (Wildman–Crippen LogP) is 4.26. The van der Waals surface area contributed by atoms with E-state index >= 15 is 0 Å². The minimum Gasteiger partial charge on any atom is -0.313 e. The lowest BCUT2D eigenvalue weighted by Gasteiger charge is -2.24. The summed E-state index contributed by atoms with van der Waals surface area (Å²) in [7, 11) is 1.80. The average Bonchev–Trinajstić information content (AvgIpc) is 2.87. The number of hydrogen-bond donors (Lipinski definition) is 1. The lowest BCUT2D eigenvalue weighted by molar-refractivity contribution is -0.138. The van der Waals surface area contributed by atoms with Crippen molar-refractivity contribution < 1.29 is 13.2 Å². The Labute approximate surface area is 122 Å². The molecule has 0 aliphatic heterocycles. The number of fused-ring (bicyclic) bond motifs is 5. The maximum absolute atomic E-state index is 13.3. The first kappa shape index (κ1) is 13.6. The van der Waals surface area contributed by atoms with Gasteiger partial charge in [-0.25, -0.2) is 0 Å². The fourth-order valence-electron chi connectivity index (χ4n) is 5.42. The molecule has 1 N–H and O–H groups in total. The minimum atomic E-state index is -4.27. The zero-order valence-corrected chi connectivity index (χ0v) is 12.0. The summed E-state index contributed by atoms with van der Waals surface area (Å²) in [5.74, 6) is 3.30. The molecule has 114 valence electrons. The maximum Gasteiger partial charge on any atom is 0.416 e. The van der Waals surface area contributed by atoms with Crippen LogP contribution in [0.15, 0.2) is 24.3 Å². The van der Waals surface area contributed by atoms with Crippen LogP contribution in [0, 0.1) is 29.6 Å². The van der Waals surface area contributed by atoms with E-state index in [9.17, 15) is 13.2 Å². The van der Waals surface area contributed by atoms with Gasteiger partial charge in [-0.15, -0.1) is 0 Å². The largest absolute Gasteiger partial charge is 0.416 e. The van der Waals surface area contributed by atoms with Crippen molar-refractivity contribution >= 4 is 0 Å². The van der Waals surface area contributed by atoms with Gasteiger partial charge < -0.3 is 5.32 Å². The van der Waals surface area contributed by atoms with E-state index in [1.165, 1.54) is 31.4 Å². The molecule has 0 spiro atoms. The van der Waals surface area contributed by atoms with E-state index in [1.807, 2.05) is 0 Å². The molecule has 0 saturated heterocycles. The summed E-state index contributed by atoms with van der Waals surface area (Å²) < 4.78 is 39.8. The molecule has 4 rings (SSSR count). The van der Waals surface area contributed by atoms with Crippen LogP contribution in [0.5, 0.6) is 0 Å². The van der Waals surface area contributed by atoms with Gasteiger partial charge in [0.15, 0.2) is 0 Å². The Kier molecular flexibility index (Phi) is 2.91. The third kappa shape index (κ3) is 1.95. The highest BCUT2D eigenvalue weighted by molar-refractivity contribution is 5.35. The highest BCUT2D eigenvalue weighted by atomic mass is 19.4. The molecule has 1 nitrogen and oxygen atoms in total. The SMILES string of the molecule is CNC(c1ccccc1C(F)(F)F)C1C2C3CCC(C3)C21. The Hall–Kier alpha value is -1.03. The molecule has 4 heteroatoms. The molecule has 1 aromatic rings. The first-order valence-electron chi connectivity index (χ1n) is 7.85. The summed E-state index contributed by atoms with van der Waals surface area (Å²) in [6.07, 6.45) is -0.364. The van der Waals surface area contributed by atoms with E-state index in [0.717, 1.165) is 11.8 Å². The molecule has 2 bridgehead atoms. The standard InChI is InChI=1S/C17H20F3N/c1-21-16(11-4-2-3-5-12(11)17(18,19)20)15-13-9-6-7-10(8-9)14(13)15/h2-5,9-10,13-16,21H,6-8H2,1H3. The highest BCUT2D eigenvalue weighted by Gasteiger charge is 2.66. The number of rotatable bonds is 3.